The van der Waals surface area contributed by atoms with Crippen LogP contribution in [0.1, 0.15) is 81.8 Å². The van der Waals surface area contributed by atoms with E-state index in [1.165, 1.54) is 17.7 Å². The molecule has 1 N–H and O–H groups in total. The molecule has 0 bridgehead atoms. The minimum absolute atomic E-state index is 0.00926. The molecule has 238 valence electrons. The van der Waals surface area contributed by atoms with Crippen LogP contribution in [0.5, 0.6) is 0 Å². The van der Waals surface area contributed by atoms with Gasteiger partial charge in [0.15, 0.2) is 0 Å². The number of fused-ring (bicyclic) bond motifs is 1. The summed E-state index contributed by atoms with van der Waals surface area (Å²) in [5.74, 6) is 0.569. The molecule has 1 aromatic carbocycles. The van der Waals surface area contributed by atoms with Gasteiger partial charge in [-0.25, -0.2) is 9.18 Å². The average molecular weight is 606 g/mol. The van der Waals surface area contributed by atoms with Gasteiger partial charge in [0.2, 0.25) is 0 Å². The van der Waals surface area contributed by atoms with Gasteiger partial charge in [0.1, 0.15) is 11.4 Å². The van der Waals surface area contributed by atoms with Crippen molar-refractivity contribution in [3.05, 3.63) is 59.3 Å². The maximum Gasteiger partial charge on any atom is 0.407 e. The van der Waals surface area contributed by atoms with Crippen molar-refractivity contribution in [3.63, 3.8) is 0 Å². The monoisotopic (exact) mass is 605 g/mol. The topological polar surface area (TPSA) is 79.7 Å². The molecule has 2 amide bonds. The summed E-state index contributed by atoms with van der Waals surface area (Å²) in [5.41, 5.74) is 3.79. The quantitative estimate of drug-likeness (QED) is 0.317. The second-order valence-electron chi connectivity index (χ2n) is 14.2. The number of amides is 2. The average Bonchev–Trinajstić information content (AvgIpc) is 3.30. The Kier molecular flexibility index (Phi) is 9.35. The first-order valence-electron chi connectivity index (χ1n) is 16.0. The maximum atomic E-state index is 14.4. The largest absolute Gasteiger partial charge is 0.444 e. The fraction of sp³-hybridized carbons (Fsp3) is 0.571. The van der Waals surface area contributed by atoms with Gasteiger partial charge >= 0.3 is 6.09 Å². The van der Waals surface area contributed by atoms with Gasteiger partial charge in [-0.2, -0.15) is 0 Å². The molecule has 9 heteroatoms. The number of ether oxygens (including phenoxy) is 1. The summed E-state index contributed by atoms with van der Waals surface area (Å²) >= 11 is 0. The number of benzene rings is 1. The number of aryl methyl sites for hydroxylation is 1. The van der Waals surface area contributed by atoms with Crippen molar-refractivity contribution in [2.45, 2.75) is 91.3 Å². The molecule has 0 spiro atoms. The van der Waals surface area contributed by atoms with Crippen LogP contribution in [-0.2, 0) is 11.2 Å². The van der Waals surface area contributed by atoms with Crippen LogP contribution >= 0.6 is 0 Å². The molecule has 3 aromatic rings. The van der Waals surface area contributed by atoms with Crippen molar-refractivity contribution in [2.24, 2.45) is 11.8 Å². The van der Waals surface area contributed by atoms with Gasteiger partial charge in [0.25, 0.3) is 5.91 Å². The molecule has 8 nitrogen and oxygen atoms in total. The van der Waals surface area contributed by atoms with E-state index in [2.05, 4.69) is 28.3 Å². The van der Waals surface area contributed by atoms with Crippen molar-refractivity contribution >= 4 is 22.9 Å². The Morgan fingerprint density at radius 2 is 1.82 bits per heavy atom. The summed E-state index contributed by atoms with van der Waals surface area (Å²) in [6.45, 7) is 14.9. The molecule has 1 aliphatic carbocycles. The molecule has 2 fully saturated rings. The van der Waals surface area contributed by atoms with Gasteiger partial charge in [0, 0.05) is 56.5 Å². The van der Waals surface area contributed by atoms with Crippen LogP contribution in [0, 0.1) is 24.6 Å². The highest BCUT2D eigenvalue weighted by molar-refractivity contribution is 5.99. The van der Waals surface area contributed by atoms with E-state index >= 15 is 0 Å². The molecule has 0 atom stereocenters. The lowest BCUT2D eigenvalue weighted by atomic mass is 9.84. The molecule has 1 saturated carbocycles. The Labute approximate surface area is 260 Å². The predicted octanol–water partition coefficient (Wildman–Crippen LogP) is 6.51. The number of likely N-dealkylation sites (tertiary alicyclic amines) is 1. The van der Waals surface area contributed by atoms with E-state index in [4.69, 9.17) is 4.74 Å². The lowest BCUT2D eigenvalue weighted by molar-refractivity contribution is 0.0462. The van der Waals surface area contributed by atoms with E-state index in [1.807, 2.05) is 51.6 Å². The second kappa shape index (κ2) is 12.9. The standard InChI is InChI=1S/C35H48FN5O3/c1-22(2)39(7)33(42)29-15-27(36)10-13-30(29)41-21-26(32-23(3)16-37-17-31(32)41)14-25-19-40(20-25)18-24-8-11-28(12-9-24)38-34(43)44-35(4,5)6/h10,13,15-17,21-22,24-25,28H,8-9,11-12,14,18-20H2,1-7H3,(H,38,43)/t24-,28-. The molecular formula is C35H48FN5O3. The van der Waals surface area contributed by atoms with Crippen molar-refractivity contribution < 1.29 is 18.7 Å². The molecule has 0 radical (unpaired) electrons. The van der Waals surface area contributed by atoms with Gasteiger partial charge in [-0.3, -0.25) is 9.78 Å². The maximum absolute atomic E-state index is 14.4. The highest BCUT2D eigenvalue weighted by Crippen LogP contribution is 2.34. The summed E-state index contributed by atoms with van der Waals surface area (Å²) in [6, 6.07) is 4.65. The zero-order valence-corrected chi connectivity index (χ0v) is 27.3. The molecule has 2 aliphatic rings. The number of halogens is 1. The van der Waals surface area contributed by atoms with E-state index in [0.29, 0.717) is 23.1 Å². The third-order valence-corrected chi connectivity index (χ3v) is 9.15. The molecule has 2 aromatic heterocycles. The number of carbonyl (C=O) groups is 2. The number of hydrogen-bond donors (Lipinski definition) is 1. The van der Waals surface area contributed by atoms with Crippen molar-refractivity contribution in [2.75, 3.05) is 26.7 Å². The SMILES string of the molecule is Cc1cncc2c1c(CC1CN(C[C@H]3CC[C@H](NC(=O)OC(C)(C)C)CC3)C1)cn2-c1ccc(F)cc1C(=O)N(C)C(C)C. The number of alkyl carbamates (subject to hydrolysis) is 1. The number of hydrogen-bond acceptors (Lipinski definition) is 5. The van der Waals surface area contributed by atoms with Crippen LogP contribution < -0.4 is 5.32 Å². The first-order valence-corrected chi connectivity index (χ1v) is 16.0. The van der Waals surface area contributed by atoms with Crippen molar-refractivity contribution in [1.29, 1.82) is 0 Å². The fourth-order valence-electron chi connectivity index (χ4n) is 6.70. The molecule has 3 heterocycles. The molecule has 1 saturated heterocycles. The van der Waals surface area contributed by atoms with Crippen LogP contribution in [0.25, 0.3) is 16.6 Å². The van der Waals surface area contributed by atoms with Gasteiger partial charge in [-0.15, -0.1) is 0 Å². The number of pyridine rings is 1. The van der Waals surface area contributed by atoms with Crippen molar-refractivity contribution in [1.82, 2.24) is 24.7 Å². The summed E-state index contributed by atoms with van der Waals surface area (Å²) in [7, 11) is 1.75. The Bertz CT molecular complexity index is 1500. The summed E-state index contributed by atoms with van der Waals surface area (Å²) in [5, 5.41) is 4.21. The summed E-state index contributed by atoms with van der Waals surface area (Å²) < 4.78 is 21.8. The fourth-order valence-corrected chi connectivity index (χ4v) is 6.70. The number of nitrogens with one attached hydrogen (secondary N) is 1. The summed E-state index contributed by atoms with van der Waals surface area (Å²) in [4.78, 5) is 34.2. The Balaban J connectivity index is 1.23. The van der Waals surface area contributed by atoms with Crippen molar-refractivity contribution in [3.8, 4) is 5.69 Å². The number of carbonyl (C=O) groups excluding carboxylic acids is 2. The molecule has 44 heavy (non-hydrogen) atoms. The van der Waals surface area contributed by atoms with Crippen LogP contribution in [0.2, 0.25) is 0 Å². The van der Waals surface area contributed by atoms with E-state index < -0.39 is 11.4 Å². The minimum Gasteiger partial charge on any atom is -0.444 e. The Morgan fingerprint density at radius 3 is 2.48 bits per heavy atom. The smallest absolute Gasteiger partial charge is 0.407 e. The van der Waals surface area contributed by atoms with E-state index in [9.17, 15) is 14.0 Å². The van der Waals surface area contributed by atoms with E-state index in [0.717, 1.165) is 68.2 Å². The van der Waals surface area contributed by atoms with Gasteiger partial charge < -0.3 is 24.4 Å². The van der Waals surface area contributed by atoms with Crippen LogP contribution in [-0.4, -0.2) is 75.7 Å². The number of aromatic nitrogens is 2. The molecule has 0 unspecified atom stereocenters. The normalized spacial score (nSPS) is 19.7. The molecule has 1 aliphatic heterocycles. The number of nitrogens with zero attached hydrogens (tertiary/aromatic N) is 4. The highest BCUT2D eigenvalue weighted by Gasteiger charge is 2.32. The lowest BCUT2D eigenvalue weighted by Gasteiger charge is -2.42. The first kappa shape index (κ1) is 31.9. The molecule has 5 rings (SSSR count). The zero-order chi connectivity index (χ0) is 31.8. The third kappa shape index (κ3) is 7.25. The van der Waals surface area contributed by atoms with E-state index in [1.54, 1.807) is 18.0 Å². The van der Waals surface area contributed by atoms with E-state index in [-0.39, 0.29) is 24.1 Å². The summed E-state index contributed by atoms with van der Waals surface area (Å²) in [6.07, 6.45) is 10.7. The Morgan fingerprint density at radius 1 is 1.11 bits per heavy atom. The highest BCUT2D eigenvalue weighted by atomic mass is 19.1. The first-order chi connectivity index (χ1) is 20.8. The number of rotatable bonds is 8. The van der Waals surface area contributed by atoms with Crippen LogP contribution in [0.15, 0.2) is 36.8 Å². The van der Waals surface area contributed by atoms with Crippen LogP contribution in [0.3, 0.4) is 0 Å². The minimum atomic E-state index is -0.479. The Hall–Kier alpha value is -3.46. The van der Waals surface area contributed by atoms with Gasteiger partial charge in [-0.1, -0.05) is 0 Å². The second-order valence-corrected chi connectivity index (χ2v) is 14.2. The van der Waals surface area contributed by atoms with Gasteiger partial charge in [-0.05, 0) is 115 Å². The third-order valence-electron chi connectivity index (χ3n) is 9.15. The predicted molar refractivity (Wildman–Crippen MR) is 172 cm³/mol. The lowest BCUT2D eigenvalue weighted by Crippen LogP contribution is -2.50. The zero-order valence-electron chi connectivity index (χ0n) is 27.3. The van der Waals surface area contributed by atoms with Gasteiger partial charge in [0.05, 0.1) is 23.0 Å². The molecular weight excluding hydrogens is 557 g/mol. The van der Waals surface area contributed by atoms with Crippen LogP contribution in [0.4, 0.5) is 9.18 Å².